The molecule has 1 fully saturated rings. The molecular formula is C27H37N3O3S. The quantitative estimate of drug-likeness (QED) is 0.508. The van der Waals surface area contributed by atoms with Crippen LogP contribution in [0, 0.1) is 0 Å². The van der Waals surface area contributed by atoms with Crippen LogP contribution in [0.4, 0.5) is 0 Å². The first-order chi connectivity index (χ1) is 16.7. The lowest BCUT2D eigenvalue weighted by atomic mass is 9.81. The minimum Gasteiger partial charge on any atom is -0.383 e. The van der Waals surface area contributed by atoms with Crippen molar-refractivity contribution in [1.82, 2.24) is 15.1 Å². The molecule has 2 aliphatic rings. The Morgan fingerprint density at radius 2 is 2.03 bits per heavy atom. The zero-order valence-corrected chi connectivity index (χ0v) is 21.2. The van der Waals surface area contributed by atoms with E-state index in [0.29, 0.717) is 31.3 Å². The zero-order chi connectivity index (χ0) is 23.9. The maximum atomic E-state index is 13.7. The highest BCUT2D eigenvalue weighted by Crippen LogP contribution is 2.44. The highest BCUT2D eigenvalue weighted by Gasteiger charge is 2.44. The lowest BCUT2D eigenvalue weighted by molar-refractivity contribution is -0.124. The van der Waals surface area contributed by atoms with Crippen molar-refractivity contribution in [2.75, 3.05) is 39.9 Å². The highest BCUT2D eigenvalue weighted by molar-refractivity contribution is 7.10. The van der Waals surface area contributed by atoms with Crippen molar-refractivity contribution in [2.45, 2.75) is 57.0 Å². The summed E-state index contributed by atoms with van der Waals surface area (Å²) in [5.41, 5.74) is 1.44. The fourth-order valence-electron chi connectivity index (χ4n) is 5.51. The predicted molar refractivity (Wildman–Crippen MR) is 136 cm³/mol. The van der Waals surface area contributed by atoms with Crippen molar-refractivity contribution in [3.05, 3.63) is 57.8 Å². The number of thiophene rings is 1. The molecule has 34 heavy (non-hydrogen) atoms. The lowest BCUT2D eigenvalue weighted by Gasteiger charge is -2.41. The average molecular weight is 484 g/mol. The normalized spacial score (nSPS) is 23.1. The topological polar surface area (TPSA) is 61.9 Å². The van der Waals surface area contributed by atoms with E-state index in [4.69, 9.17) is 4.74 Å². The van der Waals surface area contributed by atoms with Gasteiger partial charge in [-0.2, -0.15) is 0 Å². The minimum absolute atomic E-state index is 0.00791. The molecule has 3 heterocycles. The van der Waals surface area contributed by atoms with Crippen LogP contribution >= 0.6 is 11.3 Å². The molecule has 4 rings (SSSR count). The van der Waals surface area contributed by atoms with Gasteiger partial charge in [0.05, 0.1) is 18.6 Å². The van der Waals surface area contributed by atoms with Gasteiger partial charge < -0.3 is 19.9 Å². The summed E-state index contributed by atoms with van der Waals surface area (Å²) in [6.45, 7) is 5.98. The van der Waals surface area contributed by atoms with E-state index in [1.165, 1.54) is 32.2 Å². The third-order valence-electron chi connectivity index (χ3n) is 7.23. The number of amides is 2. The van der Waals surface area contributed by atoms with E-state index in [0.717, 1.165) is 23.4 Å². The molecule has 2 aromatic rings. The van der Waals surface area contributed by atoms with E-state index in [1.807, 2.05) is 46.7 Å². The summed E-state index contributed by atoms with van der Waals surface area (Å²) < 4.78 is 5.30. The van der Waals surface area contributed by atoms with E-state index >= 15 is 0 Å². The number of nitrogens with zero attached hydrogens (tertiary/aromatic N) is 2. The number of hydrogen-bond donors (Lipinski definition) is 1. The minimum atomic E-state index is -0.442. The zero-order valence-electron chi connectivity index (χ0n) is 20.4. The molecule has 0 saturated carbocycles. The fourth-order valence-corrected chi connectivity index (χ4v) is 6.38. The standard InChI is InChI=1S/C27H37N3O3S/c1-3-20-10-6-7-15-29(20)16-9-14-28-26(31)24-21-11-4-5-12-22(21)27(32)30(17-18-33-2)25(24)23-13-8-19-34-23/h4-5,8,11-13,19-20,24-25H,3,6-7,9-10,14-18H2,1-2H3,(H,28,31). The summed E-state index contributed by atoms with van der Waals surface area (Å²) in [4.78, 5) is 32.5. The van der Waals surface area contributed by atoms with Gasteiger partial charge in [0.2, 0.25) is 5.91 Å². The van der Waals surface area contributed by atoms with Crippen LogP contribution < -0.4 is 5.32 Å². The van der Waals surface area contributed by atoms with Gasteiger partial charge in [0, 0.05) is 43.2 Å². The molecule has 7 heteroatoms. The van der Waals surface area contributed by atoms with Crippen LogP contribution in [0.2, 0.25) is 0 Å². The summed E-state index contributed by atoms with van der Waals surface area (Å²) in [5.74, 6) is -0.486. The summed E-state index contributed by atoms with van der Waals surface area (Å²) >= 11 is 1.59. The first kappa shape index (κ1) is 24.9. The Labute approximate surface area is 207 Å². The molecule has 3 unspecified atom stereocenters. The van der Waals surface area contributed by atoms with Crippen molar-refractivity contribution >= 4 is 23.2 Å². The van der Waals surface area contributed by atoms with Crippen LogP contribution in [0.5, 0.6) is 0 Å². The number of methoxy groups -OCH3 is 1. The van der Waals surface area contributed by atoms with Crippen molar-refractivity contribution < 1.29 is 14.3 Å². The molecule has 184 valence electrons. The SMILES string of the molecule is CCC1CCCCN1CCCNC(=O)C1c2ccccc2C(=O)N(CCOC)C1c1cccs1. The molecule has 0 spiro atoms. The van der Waals surface area contributed by atoms with Crippen molar-refractivity contribution in [3.63, 3.8) is 0 Å². The average Bonchev–Trinajstić information content (AvgIpc) is 3.40. The molecule has 1 saturated heterocycles. The van der Waals surface area contributed by atoms with Gasteiger partial charge in [0.25, 0.3) is 5.91 Å². The fraction of sp³-hybridized carbons (Fsp3) is 0.556. The number of piperidine rings is 1. The molecule has 2 aliphatic heterocycles. The Bertz CT molecular complexity index is 948. The molecule has 1 aromatic heterocycles. The number of benzene rings is 1. The summed E-state index contributed by atoms with van der Waals surface area (Å²) in [6, 6.07) is 11.9. The van der Waals surface area contributed by atoms with Crippen LogP contribution in [-0.2, 0) is 9.53 Å². The number of carbonyl (C=O) groups is 2. The Morgan fingerprint density at radius 3 is 2.79 bits per heavy atom. The highest BCUT2D eigenvalue weighted by atomic mass is 32.1. The molecular weight excluding hydrogens is 446 g/mol. The monoisotopic (exact) mass is 483 g/mol. The van der Waals surface area contributed by atoms with Crippen molar-refractivity contribution in [2.24, 2.45) is 0 Å². The molecule has 3 atom stereocenters. The first-order valence-electron chi connectivity index (χ1n) is 12.6. The van der Waals surface area contributed by atoms with E-state index in [2.05, 4.69) is 17.1 Å². The van der Waals surface area contributed by atoms with Gasteiger partial charge in [-0.15, -0.1) is 11.3 Å². The van der Waals surface area contributed by atoms with Crippen molar-refractivity contribution in [1.29, 1.82) is 0 Å². The van der Waals surface area contributed by atoms with E-state index in [-0.39, 0.29) is 17.9 Å². The third-order valence-corrected chi connectivity index (χ3v) is 8.18. The van der Waals surface area contributed by atoms with Crippen LogP contribution in [-0.4, -0.2) is 67.6 Å². The van der Waals surface area contributed by atoms with Gasteiger partial charge in [-0.05, 0) is 55.3 Å². The van der Waals surface area contributed by atoms with Gasteiger partial charge in [-0.3, -0.25) is 9.59 Å². The molecule has 0 aliphatic carbocycles. The van der Waals surface area contributed by atoms with E-state index in [1.54, 1.807) is 18.4 Å². The predicted octanol–water partition coefficient (Wildman–Crippen LogP) is 4.45. The number of likely N-dealkylation sites (tertiary alicyclic amines) is 1. The Morgan fingerprint density at radius 1 is 1.18 bits per heavy atom. The maximum absolute atomic E-state index is 13.7. The summed E-state index contributed by atoms with van der Waals surface area (Å²) in [7, 11) is 1.64. The number of fused-ring (bicyclic) bond motifs is 1. The lowest BCUT2D eigenvalue weighted by Crippen LogP contribution is -2.48. The Hall–Kier alpha value is -2.22. The Balaban J connectivity index is 1.51. The molecule has 0 radical (unpaired) electrons. The van der Waals surface area contributed by atoms with Crippen LogP contribution in [0.1, 0.15) is 71.8 Å². The summed E-state index contributed by atoms with van der Waals surface area (Å²) in [6.07, 6.45) is 6.02. The van der Waals surface area contributed by atoms with Crippen molar-refractivity contribution in [3.8, 4) is 0 Å². The maximum Gasteiger partial charge on any atom is 0.254 e. The number of hydrogen-bond acceptors (Lipinski definition) is 5. The van der Waals surface area contributed by atoms with Crippen LogP contribution in [0.3, 0.4) is 0 Å². The third kappa shape index (κ3) is 5.37. The molecule has 2 amide bonds. The number of nitrogens with one attached hydrogen (secondary N) is 1. The first-order valence-corrected chi connectivity index (χ1v) is 13.5. The second-order valence-electron chi connectivity index (χ2n) is 9.25. The van der Waals surface area contributed by atoms with Crippen LogP contribution in [0.25, 0.3) is 0 Å². The second-order valence-corrected chi connectivity index (χ2v) is 10.2. The van der Waals surface area contributed by atoms with Gasteiger partial charge in [0.15, 0.2) is 0 Å². The second kappa shape index (κ2) is 12.0. The number of ether oxygens (including phenoxy) is 1. The van der Waals surface area contributed by atoms with E-state index < -0.39 is 5.92 Å². The molecule has 0 bridgehead atoms. The number of carbonyl (C=O) groups excluding carboxylic acids is 2. The Kier molecular flexibility index (Phi) is 8.75. The van der Waals surface area contributed by atoms with Gasteiger partial charge in [0.1, 0.15) is 0 Å². The molecule has 1 N–H and O–H groups in total. The van der Waals surface area contributed by atoms with Gasteiger partial charge in [-0.25, -0.2) is 0 Å². The molecule has 6 nitrogen and oxygen atoms in total. The van der Waals surface area contributed by atoms with E-state index in [9.17, 15) is 9.59 Å². The number of rotatable bonds is 10. The smallest absolute Gasteiger partial charge is 0.254 e. The van der Waals surface area contributed by atoms with Gasteiger partial charge in [-0.1, -0.05) is 37.6 Å². The molecule has 1 aromatic carbocycles. The summed E-state index contributed by atoms with van der Waals surface area (Å²) in [5, 5.41) is 5.23. The van der Waals surface area contributed by atoms with Gasteiger partial charge >= 0.3 is 0 Å². The largest absolute Gasteiger partial charge is 0.383 e. The van der Waals surface area contributed by atoms with Crippen LogP contribution in [0.15, 0.2) is 41.8 Å².